The van der Waals surface area contributed by atoms with Crippen molar-refractivity contribution in [1.29, 1.82) is 0 Å². The first-order valence-electron chi connectivity index (χ1n) is 9.36. The van der Waals surface area contributed by atoms with Crippen molar-refractivity contribution >= 4 is 12.6 Å². The Morgan fingerprint density at radius 1 is 0.593 bits per heavy atom. The lowest BCUT2D eigenvalue weighted by Gasteiger charge is -2.21. The van der Waals surface area contributed by atoms with Gasteiger partial charge in [0, 0.05) is 0 Å². The Labute approximate surface area is 162 Å². The average molecular weight is 358 g/mol. The molecule has 3 aromatic rings. The van der Waals surface area contributed by atoms with E-state index in [1.165, 1.54) is 11.1 Å². The zero-order valence-electron chi connectivity index (χ0n) is 17.0. The highest BCUT2D eigenvalue weighted by atomic mass is 16.4. The molecular weight excluding hydrogens is 331 g/mol. The molecule has 0 aromatic heterocycles. The molecule has 0 heterocycles. The van der Waals surface area contributed by atoms with Gasteiger partial charge in [-0.05, 0) is 91.5 Å². The van der Waals surface area contributed by atoms with Gasteiger partial charge in [0.15, 0.2) is 0 Å². The molecule has 0 unspecified atom stereocenters. The van der Waals surface area contributed by atoms with Gasteiger partial charge < -0.3 is 10.0 Å². The quantitative estimate of drug-likeness (QED) is 0.675. The van der Waals surface area contributed by atoms with Crippen LogP contribution < -0.4 is 5.46 Å². The van der Waals surface area contributed by atoms with E-state index in [9.17, 15) is 10.0 Å². The second-order valence-electron chi connectivity index (χ2n) is 7.69. The topological polar surface area (TPSA) is 40.5 Å². The van der Waals surface area contributed by atoms with E-state index in [0.29, 0.717) is 5.46 Å². The summed E-state index contributed by atoms with van der Waals surface area (Å²) in [6, 6.07) is 14.6. The van der Waals surface area contributed by atoms with Crippen molar-refractivity contribution in [3.05, 3.63) is 75.8 Å². The van der Waals surface area contributed by atoms with E-state index in [2.05, 4.69) is 65.8 Å². The van der Waals surface area contributed by atoms with Gasteiger partial charge in [0.2, 0.25) is 0 Å². The van der Waals surface area contributed by atoms with Crippen LogP contribution in [0.25, 0.3) is 22.3 Å². The van der Waals surface area contributed by atoms with E-state index < -0.39 is 7.12 Å². The third-order valence-electron chi connectivity index (χ3n) is 5.26. The van der Waals surface area contributed by atoms with Crippen molar-refractivity contribution in [2.75, 3.05) is 0 Å². The molecule has 3 heteroatoms. The van der Waals surface area contributed by atoms with E-state index in [4.69, 9.17) is 0 Å². The Balaban J connectivity index is 2.37. The first-order chi connectivity index (χ1) is 12.7. The maximum Gasteiger partial charge on any atom is 0.489 e. The molecule has 0 amide bonds. The van der Waals surface area contributed by atoms with Gasteiger partial charge in [0.25, 0.3) is 0 Å². The lowest BCUT2D eigenvalue weighted by atomic mass is 9.69. The summed E-state index contributed by atoms with van der Waals surface area (Å²) in [5.41, 5.74) is 11.5. The molecule has 27 heavy (non-hydrogen) atoms. The molecule has 0 fully saturated rings. The van der Waals surface area contributed by atoms with Crippen molar-refractivity contribution < 1.29 is 10.0 Å². The number of hydrogen-bond acceptors (Lipinski definition) is 2. The summed E-state index contributed by atoms with van der Waals surface area (Å²) in [4.78, 5) is 0. The molecule has 0 aliphatic rings. The summed E-state index contributed by atoms with van der Waals surface area (Å²) in [6.45, 7) is 12.5. The van der Waals surface area contributed by atoms with Crippen molar-refractivity contribution in [1.82, 2.24) is 0 Å². The van der Waals surface area contributed by atoms with Gasteiger partial charge in [-0.25, -0.2) is 0 Å². The van der Waals surface area contributed by atoms with Crippen LogP contribution in [-0.2, 0) is 0 Å². The van der Waals surface area contributed by atoms with Gasteiger partial charge in [-0.3, -0.25) is 0 Å². The van der Waals surface area contributed by atoms with Gasteiger partial charge in [-0.2, -0.15) is 0 Å². The van der Waals surface area contributed by atoms with Crippen LogP contribution in [0.5, 0.6) is 0 Å². The van der Waals surface area contributed by atoms with Crippen LogP contribution in [0.2, 0.25) is 0 Å². The Kier molecular flexibility index (Phi) is 5.28. The summed E-state index contributed by atoms with van der Waals surface area (Å²) in [5.74, 6) is 0. The van der Waals surface area contributed by atoms with Crippen molar-refractivity contribution in [3.8, 4) is 22.3 Å². The molecule has 138 valence electrons. The van der Waals surface area contributed by atoms with E-state index in [1.54, 1.807) is 0 Å². The van der Waals surface area contributed by atoms with Crippen LogP contribution in [-0.4, -0.2) is 17.2 Å². The van der Waals surface area contributed by atoms with Crippen LogP contribution in [0.15, 0.2) is 42.5 Å². The maximum absolute atomic E-state index is 10.3. The maximum atomic E-state index is 10.3. The van der Waals surface area contributed by atoms with Crippen LogP contribution in [0, 0.1) is 41.5 Å². The summed E-state index contributed by atoms with van der Waals surface area (Å²) in [5, 5.41) is 20.7. The molecule has 0 saturated carbocycles. The minimum atomic E-state index is -1.54. The lowest BCUT2D eigenvalue weighted by molar-refractivity contribution is 0.426. The second-order valence-corrected chi connectivity index (χ2v) is 7.69. The monoisotopic (exact) mass is 358 g/mol. The molecule has 0 atom stereocenters. The van der Waals surface area contributed by atoms with Crippen molar-refractivity contribution in [2.45, 2.75) is 41.5 Å². The number of benzene rings is 3. The van der Waals surface area contributed by atoms with Gasteiger partial charge >= 0.3 is 7.12 Å². The van der Waals surface area contributed by atoms with Crippen LogP contribution in [0.1, 0.15) is 33.4 Å². The highest BCUT2D eigenvalue weighted by Crippen LogP contribution is 2.33. The van der Waals surface area contributed by atoms with Gasteiger partial charge in [-0.15, -0.1) is 0 Å². The summed E-state index contributed by atoms with van der Waals surface area (Å²) in [7, 11) is -1.54. The van der Waals surface area contributed by atoms with E-state index in [0.717, 1.165) is 44.5 Å². The molecular formula is C24H27BO2. The Bertz CT molecular complexity index is 897. The summed E-state index contributed by atoms with van der Waals surface area (Å²) in [6.07, 6.45) is 0. The SMILES string of the molecule is Cc1cc(C)c(-c2cccc(-c3c(C)cc(C)cc3C)c2B(O)O)c(C)c1. The molecule has 3 aromatic carbocycles. The van der Waals surface area contributed by atoms with Gasteiger partial charge in [0.1, 0.15) is 0 Å². The minimum absolute atomic E-state index is 0.572. The lowest BCUT2D eigenvalue weighted by Crippen LogP contribution is -2.34. The first-order valence-corrected chi connectivity index (χ1v) is 9.36. The fourth-order valence-electron chi connectivity index (χ4n) is 4.49. The van der Waals surface area contributed by atoms with Crippen LogP contribution >= 0.6 is 0 Å². The molecule has 0 saturated heterocycles. The average Bonchev–Trinajstić information content (AvgIpc) is 2.52. The zero-order chi connectivity index (χ0) is 19.9. The van der Waals surface area contributed by atoms with Crippen LogP contribution in [0.4, 0.5) is 0 Å². The molecule has 0 aliphatic carbocycles. The molecule has 0 spiro atoms. The first kappa shape index (κ1) is 19.4. The third kappa shape index (κ3) is 3.58. The van der Waals surface area contributed by atoms with Gasteiger partial charge in [-0.1, -0.05) is 53.6 Å². The normalized spacial score (nSPS) is 11.0. The Morgan fingerprint density at radius 2 is 0.926 bits per heavy atom. The Hall–Kier alpha value is -2.36. The van der Waals surface area contributed by atoms with Crippen molar-refractivity contribution in [3.63, 3.8) is 0 Å². The van der Waals surface area contributed by atoms with Crippen molar-refractivity contribution in [2.24, 2.45) is 0 Å². The molecule has 2 nitrogen and oxygen atoms in total. The molecule has 0 bridgehead atoms. The molecule has 0 aliphatic heterocycles. The number of aryl methyl sites for hydroxylation is 6. The van der Waals surface area contributed by atoms with E-state index in [-0.39, 0.29) is 0 Å². The van der Waals surface area contributed by atoms with Crippen LogP contribution in [0.3, 0.4) is 0 Å². The highest BCUT2D eigenvalue weighted by molar-refractivity contribution is 6.62. The largest absolute Gasteiger partial charge is 0.489 e. The fourth-order valence-corrected chi connectivity index (χ4v) is 4.49. The molecule has 2 N–H and O–H groups in total. The van der Waals surface area contributed by atoms with E-state index >= 15 is 0 Å². The highest BCUT2D eigenvalue weighted by Gasteiger charge is 2.25. The number of hydrogen-bond donors (Lipinski definition) is 2. The predicted octanol–water partition coefficient (Wildman–Crippen LogP) is 4.55. The minimum Gasteiger partial charge on any atom is -0.423 e. The van der Waals surface area contributed by atoms with E-state index in [1.807, 2.05) is 18.2 Å². The molecule has 0 radical (unpaired) electrons. The standard InChI is InChI=1S/C24H27BO2/c1-14-10-16(3)22(17(4)11-14)20-8-7-9-21(24(20)25(26)27)23-18(5)12-15(2)13-19(23)6/h7-13,26-27H,1-6H3. The fraction of sp³-hybridized carbons (Fsp3) is 0.250. The predicted molar refractivity (Wildman–Crippen MR) is 116 cm³/mol. The molecule has 3 rings (SSSR count). The summed E-state index contributed by atoms with van der Waals surface area (Å²) < 4.78 is 0. The Morgan fingerprint density at radius 3 is 1.22 bits per heavy atom. The third-order valence-corrected chi connectivity index (χ3v) is 5.26. The number of rotatable bonds is 3. The smallest absolute Gasteiger partial charge is 0.423 e. The van der Waals surface area contributed by atoms with Gasteiger partial charge in [0.05, 0.1) is 0 Å². The summed E-state index contributed by atoms with van der Waals surface area (Å²) >= 11 is 0. The zero-order valence-corrected chi connectivity index (χ0v) is 17.0. The second kappa shape index (κ2) is 7.34.